The fraction of sp³-hybridized carbons (Fsp3) is 0.250. The molecule has 0 radical (unpaired) electrons. The molecular weight excluding hydrogens is 284 g/mol. The molecule has 1 N–H and O–H groups in total. The lowest BCUT2D eigenvalue weighted by atomic mass is 10.1. The van der Waals surface area contributed by atoms with Gasteiger partial charge in [-0.05, 0) is 17.7 Å². The maximum atomic E-state index is 10.2. The number of ether oxygens (including phenoxy) is 1. The summed E-state index contributed by atoms with van der Waals surface area (Å²) >= 11 is 1.64. The number of nitrogens with zero attached hydrogens (tertiary/aromatic N) is 2. The molecule has 4 nitrogen and oxygen atoms in total. The van der Waals surface area contributed by atoms with Crippen LogP contribution in [0.4, 0.5) is 0 Å². The summed E-state index contributed by atoms with van der Waals surface area (Å²) in [5, 5.41) is 11.2. The first-order valence-corrected chi connectivity index (χ1v) is 7.57. The summed E-state index contributed by atoms with van der Waals surface area (Å²) < 4.78 is 6.18. The van der Waals surface area contributed by atoms with Crippen LogP contribution in [0.3, 0.4) is 0 Å². The largest absolute Gasteiger partial charge is 0.481 e. The maximum absolute atomic E-state index is 10.2. The molecule has 3 aromatic rings. The summed E-state index contributed by atoms with van der Waals surface area (Å²) in [6, 6.07) is 11.8. The lowest BCUT2D eigenvalue weighted by molar-refractivity contribution is 0.175. The zero-order valence-corrected chi connectivity index (χ0v) is 12.5. The number of benzene rings is 1. The Morgan fingerprint density at radius 2 is 2.05 bits per heavy atom. The smallest absolute Gasteiger partial charge is 0.212 e. The normalized spacial score (nSPS) is 12.5. The van der Waals surface area contributed by atoms with Crippen LogP contribution in [-0.2, 0) is 12.8 Å². The minimum Gasteiger partial charge on any atom is -0.481 e. The Morgan fingerprint density at radius 3 is 2.76 bits per heavy atom. The molecule has 2 aromatic heterocycles. The average molecular weight is 300 g/mol. The Labute approximate surface area is 127 Å². The number of hydrogen-bond donors (Lipinski definition) is 1. The van der Waals surface area contributed by atoms with E-state index in [4.69, 9.17) is 4.74 Å². The molecule has 2 heterocycles. The number of fused-ring (bicyclic) bond motifs is 1. The summed E-state index contributed by atoms with van der Waals surface area (Å²) in [5.41, 5.74) is 1.99. The number of aliphatic hydroxyl groups is 1. The van der Waals surface area contributed by atoms with Crippen LogP contribution in [0.15, 0.2) is 42.6 Å². The minimum atomic E-state index is -0.458. The fourth-order valence-electron chi connectivity index (χ4n) is 2.21. The van der Waals surface area contributed by atoms with Crippen molar-refractivity contribution in [1.29, 1.82) is 0 Å². The SMILES string of the molecule is COc1ccc(CC(O)Cc2nc3ccccc3s2)cn1. The second kappa shape index (κ2) is 6.20. The van der Waals surface area contributed by atoms with Crippen LogP contribution in [-0.4, -0.2) is 28.3 Å². The first-order valence-electron chi connectivity index (χ1n) is 6.76. The molecule has 0 aliphatic carbocycles. The van der Waals surface area contributed by atoms with E-state index in [1.165, 1.54) is 0 Å². The van der Waals surface area contributed by atoms with E-state index in [1.807, 2.05) is 24.3 Å². The highest BCUT2D eigenvalue weighted by Gasteiger charge is 2.11. The van der Waals surface area contributed by atoms with E-state index < -0.39 is 6.10 Å². The molecule has 0 saturated heterocycles. The zero-order chi connectivity index (χ0) is 14.7. The van der Waals surface area contributed by atoms with Gasteiger partial charge in [-0.1, -0.05) is 18.2 Å². The van der Waals surface area contributed by atoms with Gasteiger partial charge in [0, 0.05) is 25.1 Å². The fourth-order valence-corrected chi connectivity index (χ4v) is 3.24. The third kappa shape index (κ3) is 3.37. The van der Waals surface area contributed by atoms with Gasteiger partial charge in [0.2, 0.25) is 5.88 Å². The summed E-state index contributed by atoms with van der Waals surface area (Å²) in [4.78, 5) is 8.69. The molecule has 21 heavy (non-hydrogen) atoms. The first-order chi connectivity index (χ1) is 10.2. The van der Waals surface area contributed by atoms with Crippen LogP contribution < -0.4 is 4.74 Å². The monoisotopic (exact) mass is 300 g/mol. The number of methoxy groups -OCH3 is 1. The Hall–Kier alpha value is -1.98. The minimum absolute atomic E-state index is 0.458. The molecule has 0 fully saturated rings. The number of thiazole rings is 1. The number of pyridine rings is 1. The molecule has 0 bridgehead atoms. The lowest BCUT2D eigenvalue weighted by Crippen LogP contribution is -2.13. The molecule has 108 valence electrons. The number of para-hydroxylation sites is 1. The number of aliphatic hydroxyl groups excluding tert-OH is 1. The molecule has 1 unspecified atom stereocenters. The number of aromatic nitrogens is 2. The van der Waals surface area contributed by atoms with Gasteiger partial charge in [0.15, 0.2) is 0 Å². The van der Waals surface area contributed by atoms with E-state index in [0.717, 1.165) is 20.8 Å². The zero-order valence-electron chi connectivity index (χ0n) is 11.7. The van der Waals surface area contributed by atoms with Crippen molar-refractivity contribution in [3.63, 3.8) is 0 Å². The molecule has 0 spiro atoms. The van der Waals surface area contributed by atoms with Gasteiger partial charge in [-0.25, -0.2) is 9.97 Å². The molecular formula is C16H16N2O2S. The van der Waals surface area contributed by atoms with E-state index in [0.29, 0.717) is 18.7 Å². The highest BCUT2D eigenvalue weighted by atomic mass is 32.1. The Balaban J connectivity index is 1.66. The van der Waals surface area contributed by atoms with Crippen LogP contribution in [0.2, 0.25) is 0 Å². The van der Waals surface area contributed by atoms with Crippen molar-refractivity contribution in [2.45, 2.75) is 18.9 Å². The van der Waals surface area contributed by atoms with E-state index in [9.17, 15) is 5.11 Å². The molecule has 0 saturated carbocycles. The number of hydrogen-bond acceptors (Lipinski definition) is 5. The van der Waals surface area contributed by atoms with Gasteiger partial charge in [0.05, 0.1) is 28.4 Å². The highest BCUT2D eigenvalue weighted by molar-refractivity contribution is 7.18. The molecule has 5 heteroatoms. The molecule has 0 amide bonds. The van der Waals surface area contributed by atoms with Crippen LogP contribution in [0, 0.1) is 0 Å². The van der Waals surface area contributed by atoms with Crippen molar-refractivity contribution in [3.8, 4) is 5.88 Å². The summed E-state index contributed by atoms with van der Waals surface area (Å²) in [7, 11) is 1.59. The van der Waals surface area contributed by atoms with Crippen molar-refractivity contribution in [2.75, 3.05) is 7.11 Å². The van der Waals surface area contributed by atoms with Gasteiger partial charge < -0.3 is 9.84 Å². The van der Waals surface area contributed by atoms with E-state index in [2.05, 4.69) is 16.0 Å². The summed E-state index contributed by atoms with van der Waals surface area (Å²) in [6.45, 7) is 0. The first kappa shape index (κ1) is 14.0. The Kier molecular flexibility index (Phi) is 4.13. The van der Waals surface area contributed by atoms with Crippen molar-refractivity contribution in [1.82, 2.24) is 9.97 Å². The van der Waals surface area contributed by atoms with Crippen LogP contribution >= 0.6 is 11.3 Å². The van der Waals surface area contributed by atoms with Gasteiger partial charge in [-0.15, -0.1) is 11.3 Å². The highest BCUT2D eigenvalue weighted by Crippen LogP contribution is 2.23. The van der Waals surface area contributed by atoms with Crippen molar-refractivity contribution >= 4 is 21.6 Å². The Bertz CT molecular complexity index is 691. The predicted molar refractivity (Wildman–Crippen MR) is 83.8 cm³/mol. The standard InChI is InChI=1S/C16H16N2O2S/c1-20-15-7-6-11(10-17-15)8-12(19)9-16-18-13-4-2-3-5-14(13)21-16/h2-7,10,12,19H,8-9H2,1H3. The average Bonchev–Trinajstić information content (AvgIpc) is 2.90. The van der Waals surface area contributed by atoms with E-state index in [1.54, 1.807) is 30.7 Å². The maximum Gasteiger partial charge on any atom is 0.212 e. The molecule has 3 rings (SSSR count). The van der Waals surface area contributed by atoms with Gasteiger partial charge in [-0.3, -0.25) is 0 Å². The van der Waals surface area contributed by atoms with E-state index in [-0.39, 0.29) is 0 Å². The van der Waals surface area contributed by atoms with Gasteiger partial charge >= 0.3 is 0 Å². The third-order valence-electron chi connectivity index (χ3n) is 3.23. The van der Waals surface area contributed by atoms with Crippen molar-refractivity contribution in [2.24, 2.45) is 0 Å². The van der Waals surface area contributed by atoms with Gasteiger partial charge in [-0.2, -0.15) is 0 Å². The molecule has 1 atom stereocenters. The third-order valence-corrected chi connectivity index (χ3v) is 4.29. The van der Waals surface area contributed by atoms with E-state index >= 15 is 0 Å². The van der Waals surface area contributed by atoms with Crippen molar-refractivity contribution < 1.29 is 9.84 Å². The van der Waals surface area contributed by atoms with Gasteiger partial charge in [0.25, 0.3) is 0 Å². The second-order valence-corrected chi connectivity index (χ2v) is 5.96. The van der Waals surface area contributed by atoms with Crippen LogP contribution in [0.1, 0.15) is 10.6 Å². The van der Waals surface area contributed by atoms with Crippen LogP contribution in [0.5, 0.6) is 5.88 Å². The second-order valence-electron chi connectivity index (χ2n) is 4.85. The topological polar surface area (TPSA) is 55.2 Å². The molecule has 0 aliphatic rings. The molecule has 1 aromatic carbocycles. The predicted octanol–water partition coefficient (Wildman–Crippen LogP) is 2.85. The summed E-state index contributed by atoms with van der Waals surface area (Å²) in [6.07, 6.45) is 2.40. The Morgan fingerprint density at radius 1 is 1.19 bits per heavy atom. The lowest BCUT2D eigenvalue weighted by Gasteiger charge is -2.08. The molecule has 0 aliphatic heterocycles. The van der Waals surface area contributed by atoms with Gasteiger partial charge in [0.1, 0.15) is 0 Å². The quantitative estimate of drug-likeness (QED) is 0.787. The van der Waals surface area contributed by atoms with Crippen LogP contribution in [0.25, 0.3) is 10.2 Å². The van der Waals surface area contributed by atoms with Crippen molar-refractivity contribution in [3.05, 3.63) is 53.2 Å². The number of rotatable bonds is 5. The summed E-state index contributed by atoms with van der Waals surface area (Å²) in [5.74, 6) is 0.583.